The Morgan fingerprint density at radius 3 is 1.93 bits per heavy atom. The Bertz CT molecular complexity index is 365. The van der Waals surface area contributed by atoms with Crippen molar-refractivity contribution in [2.75, 3.05) is 0 Å². The van der Waals surface area contributed by atoms with Crippen LogP contribution in [0.3, 0.4) is 0 Å². The summed E-state index contributed by atoms with van der Waals surface area (Å²) >= 11 is 12.3. The molecule has 0 N–H and O–H groups in total. The highest BCUT2D eigenvalue weighted by Crippen LogP contribution is 2.64. The summed E-state index contributed by atoms with van der Waals surface area (Å²) < 4.78 is -0.563. The molecule has 0 spiro atoms. The van der Waals surface area contributed by atoms with E-state index in [1.807, 2.05) is 0 Å². The summed E-state index contributed by atoms with van der Waals surface area (Å²) in [5.74, 6) is 0.572. The first-order valence-corrected chi connectivity index (χ1v) is 6.11. The number of hydrogen-bond acceptors (Lipinski definition) is 0. The Hall–Kier alpha value is -0.200. The van der Waals surface area contributed by atoms with Crippen LogP contribution in [0.15, 0.2) is 24.3 Å². The van der Waals surface area contributed by atoms with Crippen molar-refractivity contribution in [3.05, 3.63) is 35.4 Å². The molecule has 0 aliphatic heterocycles. The fraction of sp³-hybridized carbons (Fsp3) is 0.538. The lowest BCUT2D eigenvalue weighted by atomic mass is 9.94. The van der Waals surface area contributed by atoms with Crippen molar-refractivity contribution in [3.8, 4) is 0 Å². The van der Waals surface area contributed by atoms with Gasteiger partial charge in [-0.1, -0.05) is 45.0 Å². The summed E-state index contributed by atoms with van der Waals surface area (Å²) in [4.78, 5) is 0. The standard InChI is InChI=1S/C13H16Cl2/c1-9(2)10-4-6-11(7-5-10)12(3)8-13(12,14)15/h4-7,9H,8H2,1-3H3. The maximum Gasteiger partial charge on any atom is 0.128 e. The van der Waals surface area contributed by atoms with Crippen LogP contribution in [0.4, 0.5) is 0 Å². The van der Waals surface area contributed by atoms with Crippen molar-refractivity contribution in [1.82, 2.24) is 0 Å². The van der Waals surface area contributed by atoms with Gasteiger partial charge in [0.2, 0.25) is 0 Å². The molecule has 0 radical (unpaired) electrons. The Labute approximate surface area is 102 Å². The van der Waals surface area contributed by atoms with E-state index in [9.17, 15) is 0 Å². The molecule has 0 nitrogen and oxygen atoms in total. The van der Waals surface area contributed by atoms with Crippen LogP contribution in [0.5, 0.6) is 0 Å². The van der Waals surface area contributed by atoms with Crippen molar-refractivity contribution in [2.24, 2.45) is 0 Å². The Balaban J connectivity index is 2.26. The van der Waals surface area contributed by atoms with E-state index in [2.05, 4.69) is 45.0 Å². The second-order valence-electron chi connectivity index (χ2n) is 4.99. The van der Waals surface area contributed by atoms with Crippen LogP contribution >= 0.6 is 23.2 Å². The van der Waals surface area contributed by atoms with Gasteiger partial charge in [0.1, 0.15) is 4.33 Å². The van der Waals surface area contributed by atoms with Crippen molar-refractivity contribution in [2.45, 2.75) is 42.9 Å². The molecule has 1 unspecified atom stereocenters. The molecule has 1 saturated carbocycles. The van der Waals surface area contributed by atoms with Crippen LogP contribution in [0, 0.1) is 0 Å². The molecule has 0 bridgehead atoms. The zero-order valence-corrected chi connectivity index (χ0v) is 10.9. The van der Waals surface area contributed by atoms with Gasteiger partial charge in [0.15, 0.2) is 0 Å². The first-order chi connectivity index (χ1) is 6.87. The predicted octanol–water partition coefficient (Wildman–Crippen LogP) is 4.65. The molecule has 0 aromatic heterocycles. The Morgan fingerprint density at radius 2 is 1.60 bits per heavy atom. The summed E-state index contributed by atoms with van der Waals surface area (Å²) in [6, 6.07) is 8.66. The summed E-state index contributed by atoms with van der Waals surface area (Å²) in [5, 5.41) is 0. The molecule has 0 heterocycles. The van der Waals surface area contributed by atoms with Gasteiger partial charge in [0.05, 0.1) is 0 Å². The second kappa shape index (κ2) is 3.40. The first kappa shape index (κ1) is 11.3. The molecule has 0 saturated heterocycles. The molecule has 2 heteroatoms. The fourth-order valence-electron chi connectivity index (χ4n) is 1.95. The van der Waals surface area contributed by atoms with Gasteiger partial charge in [-0.15, -0.1) is 23.2 Å². The average Bonchev–Trinajstić information content (AvgIpc) is 2.67. The number of hydrogen-bond donors (Lipinski definition) is 0. The molecular weight excluding hydrogens is 227 g/mol. The monoisotopic (exact) mass is 242 g/mol. The molecule has 0 amide bonds. The first-order valence-electron chi connectivity index (χ1n) is 5.35. The van der Waals surface area contributed by atoms with Crippen molar-refractivity contribution in [3.63, 3.8) is 0 Å². The van der Waals surface area contributed by atoms with Gasteiger partial charge in [-0.2, -0.15) is 0 Å². The largest absolute Gasteiger partial charge is 0.128 e. The second-order valence-corrected chi connectivity index (χ2v) is 6.47. The predicted molar refractivity (Wildman–Crippen MR) is 66.9 cm³/mol. The van der Waals surface area contributed by atoms with E-state index in [0.717, 1.165) is 6.42 Å². The van der Waals surface area contributed by atoms with Crippen LogP contribution in [0.1, 0.15) is 44.2 Å². The third kappa shape index (κ3) is 1.79. The smallest absolute Gasteiger partial charge is 0.101 e. The van der Waals surface area contributed by atoms with Crippen molar-refractivity contribution >= 4 is 23.2 Å². The third-order valence-corrected chi connectivity index (χ3v) is 4.57. The van der Waals surface area contributed by atoms with E-state index in [0.29, 0.717) is 5.92 Å². The third-order valence-electron chi connectivity index (χ3n) is 3.47. The van der Waals surface area contributed by atoms with E-state index >= 15 is 0 Å². The lowest BCUT2D eigenvalue weighted by molar-refractivity contribution is 0.770. The molecule has 2 rings (SSSR count). The van der Waals surface area contributed by atoms with E-state index in [-0.39, 0.29) is 5.41 Å². The lowest BCUT2D eigenvalue weighted by Gasteiger charge is -2.14. The maximum absolute atomic E-state index is 6.15. The normalized spacial score (nSPS) is 28.1. The van der Waals surface area contributed by atoms with Crippen LogP contribution < -0.4 is 0 Å². The van der Waals surface area contributed by atoms with Gasteiger partial charge in [-0.05, 0) is 23.5 Å². The quantitative estimate of drug-likeness (QED) is 0.663. The molecule has 1 fully saturated rings. The minimum absolute atomic E-state index is 0.0500. The number of rotatable bonds is 2. The van der Waals surface area contributed by atoms with E-state index < -0.39 is 4.33 Å². The van der Waals surface area contributed by atoms with Crippen molar-refractivity contribution < 1.29 is 0 Å². The van der Waals surface area contributed by atoms with Gasteiger partial charge < -0.3 is 0 Å². The van der Waals surface area contributed by atoms with Crippen molar-refractivity contribution in [1.29, 1.82) is 0 Å². The molecule has 15 heavy (non-hydrogen) atoms. The summed E-state index contributed by atoms with van der Waals surface area (Å²) in [7, 11) is 0. The number of alkyl halides is 2. The minimum atomic E-state index is -0.563. The molecule has 1 aliphatic rings. The zero-order chi connectivity index (χ0) is 11.3. The summed E-state index contributed by atoms with van der Waals surface area (Å²) in [5.41, 5.74) is 2.56. The maximum atomic E-state index is 6.15. The average molecular weight is 243 g/mol. The van der Waals surface area contributed by atoms with Gasteiger partial charge in [-0.25, -0.2) is 0 Å². The number of halogens is 2. The number of benzene rings is 1. The molecule has 1 atom stereocenters. The lowest BCUT2D eigenvalue weighted by Crippen LogP contribution is -2.09. The zero-order valence-electron chi connectivity index (χ0n) is 9.35. The van der Waals surface area contributed by atoms with Gasteiger partial charge in [0, 0.05) is 5.41 Å². The molecular formula is C13H16Cl2. The topological polar surface area (TPSA) is 0 Å². The van der Waals surface area contributed by atoms with E-state index in [1.54, 1.807) is 0 Å². The van der Waals surface area contributed by atoms with Crippen LogP contribution in [0.25, 0.3) is 0 Å². The highest BCUT2D eigenvalue weighted by Gasteiger charge is 2.63. The summed E-state index contributed by atoms with van der Waals surface area (Å²) in [6.45, 7) is 6.51. The minimum Gasteiger partial charge on any atom is -0.101 e. The molecule has 1 aliphatic carbocycles. The van der Waals surface area contributed by atoms with Gasteiger partial charge in [-0.3, -0.25) is 0 Å². The highest BCUT2D eigenvalue weighted by molar-refractivity contribution is 6.52. The summed E-state index contributed by atoms with van der Waals surface area (Å²) in [6.07, 6.45) is 0.851. The van der Waals surface area contributed by atoms with Crippen LogP contribution in [0.2, 0.25) is 0 Å². The van der Waals surface area contributed by atoms with Gasteiger partial charge >= 0.3 is 0 Å². The highest BCUT2D eigenvalue weighted by atomic mass is 35.5. The molecule has 1 aromatic carbocycles. The molecule has 1 aromatic rings. The van der Waals surface area contributed by atoms with Crippen LogP contribution in [-0.4, -0.2) is 4.33 Å². The Morgan fingerprint density at radius 1 is 1.13 bits per heavy atom. The van der Waals surface area contributed by atoms with Gasteiger partial charge in [0.25, 0.3) is 0 Å². The Kier molecular flexibility index (Phi) is 2.56. The van der Waals surface area contributed by atoms with E-state index in [4.69, 9.17) is 23.2 Å². The molecule has 82 valence electrons. The fourth-order valence-corrected chi connectivity index (χ4v) is 2.70. The SMILES string of the molecule is CC(C)c1ccc(C2(C)CC2(Cl)Cl)cc1. The van der Waals surface area contributed by atoms with E-state index in [1.165, 1.54) is 11.1 Å². The van der Waals surface area contributed by atoms with Crippen LogP contribution in [-0.2, 0) is 5.41 Å².